The lowest BCUT2D eigenvalue weighted by molar-refractivity contribution is 0.103. The Hall–Kier alpha value is -0.580. The smallest absolute Gasteiger partial charge is 0.0698 e. The highest BCUT2D eigenvalue weighted by Gasteiger charge is 1.92. The number of ether oxygens (including phenoxy) is 1. The van der Waals surface area contributed by atoms with Crippen LogP contribution in [0.3, 0.4) is 0 Å². The molecule has 1 aromatic heterocycles. The summed E-state index contributed by atoms with van der Waals surface area (Å²) in [6, 6.07) is 3.94. The molecule has 0 saturated carbocycles. The van der Waals surface area contributed by atoms with E-state index in [9.17, 15) is 0 Å². The molecule has 4 heteroatoms. The highest BCUT2D eigenvalue weighted by Crippen LogP contribution is 2.15. The Morgan fingerprint density at radius 3 is 2.77 bits per heavy atom. The van der Waals surface area contributed by atoms with Crippen molar-refractivity contribution < 1.29 is 9.84 Å². The lowest BCUT2D eigenvalue weighted by atomic mass is 10.5. The average molecular weight is 199 g/mol. The summed E-state index contributed by atoms with van der Waals surface area (Å²) < 4.78 is 5.12. The van der Waals surface area contributed by atoms with Gasteiger partial charge in [0.2, 0.25) is 0 Å². The molecule has 1 rings (SSSR count). The minimum Gasteiger partial charge on any atom is -0.394 e. The number of rotatable bonds is 6. The second-order valence-corrected chi connectivity index (χ2v) is 3.54. The zero-order valence-electron chi connectivity index (χ0n) is 7.35. The molecule has 0 amide bonds. The first-order valence-electron chi connectivity index (χ1n) is 4.15. The number of pyridine rings is 1. The molecule has 0 unspecified atom stereocenters. The first kappa shape index (κ1) is 10.5. The molecule has 0 aliphatic rings. The van der Waals surface area contributed by atoms with Gasteiger partial charge in [-0.25, -0.2) is 0 Å². The molecule has 1 aromatic rings. The topological polar surface area (TPSA) is 42.4 Å². The van der Waals surface area contributed by atoms with E-state index in [-0.39, 0.29) is 6.61 Å². The molecule has 0 aliphatic carbocycles. The quantitative estimate of drug-likeness (QED) is 0.552. The molecule has 0 atom stereocenters. The molecule has 0 saturated heterocycles. The maximum absolute atomic E-state index is 8.44. The third kappa shape index (κ3) is 4.87. The SMILES string of the molecule is OCCOCCSc1ccncc1. The summed E-state index contributed by atoms with van der Waals surface area (Å²) in [5, 5.41) is 8.44. The number of aliphatic hydroxyl groups is 1. The van der Waals surface area contributed by atoms with Crippen LogP contribution in [0.25, 0.3) is 0 Å². The van der Waals surface area contributed by atoms with Crippen molar-refractivity contribution in [1.29, 1.82) is 0 Å². The van der Waals surface area contributed by atoms with Gasteiger partial charge in [-0.3, -0.25) is 4.98 Å². The number of nitrogens with zero attached hydrogens (tertiary/aromatic N) is 1. The van der Waals surface area contributed by atoms with Crippen molar-refractivity contribution >= 4 is 11.8 Å². The second-order valence-electron chi connectivity index (χ2n) is 2.37. The molecule has 0 fully saturated rings. The molecule has 0 bridgehead atoms. The summed E-state index contributed by atoms with van der Waals surface area (Å²) in [5.74, 6) is 0.907. The monoisotopic (exact) mass is 199 g/mol. The zero-order chi connectivity index (χ0) is 9.36. The molecular weight excluding hydrogens is 186 g/mol. The molecule has 3 nitrogen and oxygen atoms in total. The fraction of sp³-hybridized carbons (Fsp3) is 0.444. The van der Waals surface area contributed by atoms with Crippen LogP contribution in [0.4, 0.5) is 0 Å². The molecule has 0 aliphatic heterocycles. The Kier molecular flexibility index (Phi) is 5.56. The molecule has 1 N–H and O–H groups in total. The highest BCUT2D eigenvalue weighted by atomic mass is 32.2. The third-order valence-corrected chi connectivity index (χ3v) is 2.36. The van der Waals surface area contributed by atoms with E-state index in [0.29, 0.717) is 13.2 Å². The summed E-state index contributed by atoms with van der Waals surface area (Å²) in [6.45, 7) is 1.20. The molecule has 72 valence electrons. The minimum absolute atomic E-state index is 0.0971. The average Bonchev–Trinajstić information content (AvgIpc) is 2.19. The Morgan fingerprint density at radius 2 is 2.08 bits per heavy atom. The van der Waals surface area contributed by atoms with Gasteiger partial charge in [-0.15, -0.1) is 11.8 Å². The summed E-state index contributed by atoms with van der Waals surface area (Å²) in [4.78, 5) is 5.12. The van der Waals surface area contributed by atoms with Crippen LogP contribution in [0.15, 0.2) is 29.4 Å². The van der Waals surface area contributed by atoms with E-state index >= 15 is 0 Å². The number of thioether (sulfide) groups is 1. The molecule has 1 heterocycles. The maximum Gasteiger partial charge on any atom is 0.0698 e. The van der Waals surface area contributed by atoms with E-state index in [1.165, 1.54) is 4.90 Å². The van der Waals surface area contributed by atoms with Gasteiger partial charge in [0, 0.05) is 23.0 Å². The number of hydrogen-bond acceptors (Lipinski definition) is 4. The van der Waals surface area contributed by atoms with Crippen LogP contribution in [0.1, 0.15) is 0 Å². The van der Waals surface area contributed by atoms with E-state index in [1.807, 2.05) is 12.1 Å². The summed E-state index contributed by atoms with van der Waals surface area (Å²) in [7, 11) is 0. The standard InChI is InChI=1S/C9H13NO2S/c11-5-6-12-7-8-13-9-1-3-10-4-2-9/h1-4,11H,5-8H2. The fourth-order valence-electron chi connectivity index (χ4n) is 0.820. The number of hydrogen-bond donors (Lipinski definition) is 1. The largest absolute Gasteiger partial charge is 0.394 e. The summed E-state index contributed by atoms with van der Waals surface area (Å²) in [5.41, 5.74) is 0. The van der Waals surface area contributed by atoms with Crippen molar-refractivity contribution in [1.82, 2.24) is 4.98 Å². The van der Waals surface area contributed by atoms with Crippen molar-refractivity contribution in [3.8, 4) is 0 Å². The number of aliphatic hydroxyl groups excluding tert-OH is 1. The first-order chi connectivity index (χ1) is 6.43. The van der Waals surface area contributed by atoms with Crippen LogP contribution in [-0.2, 0) is 4.74 Å². The predicted octanol–water partition coefficient (Wildman–Crippen LogP) is 1.18. The van der Waals surface area contributed by atoms with Crippen LogP contribution in [-0.4, -0.2) is 35.7 Å². The van der Waals surface area contributed by atoms with Crippen LogP contribution in [0.5, 0.6) is 0 Å². The highest BCUT2D eigenvalue weighted by molar-refractivity contribution is 7.99. The van der Waals surface area contributed by atoms with Crippen molar-refractivity contribution in [2.75, 3.05) is 25.6 Å². The van der Waals surface area contributed by atoms with Gasteiger partial charge in [0.05, 0.1) is 19.8 Å². The lowest BCUT2D eigenvalue weighted by Gasteiger charge is -2.01. The minimum atomic E-state index is 0.0971. The Morgan fingerprint density at radius 1 is 1.31 bits per heavy atom. The van der Waals surface area contributed by atoms with Crippen molar-refractivity contribution in [2.45, 2.75) is 4.90 Å². The van der Waals surface area contributed by atoms with Crippen molar-refractivity contribution in [3.05, 3.63) is 24.5 Å². The van der Waals surface area contributed by atoms with Gasteiger partial charge >= 0.3 is 0 Å². The van der Waals surface area contributed by atoms with Gasteiger partial charge < -0.3 is 9.84 Å². The maximum atomic E-state index is 8.44. The van der Waals surface area contributed by atoms with E-state index in [2.05, 4.69) is 4.98 Å². The summed E-state index contributed by atoms with van der Waals surface area (Å²) in [6.07, 6.45) is 3.55. The third-order valence-electron chi connectivity index (χ3n) is 1.38. The molecular formula is C9H13NO2S. The Labute approximate surface area is 82.1 Å². The van der Waals surface area contributed by atoms with E-state index in [0.717, 1.165) is 5.75 Å². The van der Waals surface area contributed by atoms with E-state index in [1.54, 1.807) is 24.2 Å². The predicted molar refractivity (Wildman–Crippen MR) is 52.9 cm³/mol. The van der Waals surface area contributed by atoms with Crippen LogP contribution >= 0.6 is 11.8 Å². The van der Waals surface area contributed by atoms with Crippen LogP contribution in [0, 0.1) is 0 Å². The van der Waals surface area contributed by atoms with Crippen LogP contribution < -0.4 is 0 Å². The van der Waals surface area contributed by atoms with E-state index in [4.69, 9.17) is 9.84 Å². The van der Waals surface area contributed by atoms with E-state index < -0.39 is 0 Å². The van der Waals surface area contributed by atoms with Gasteiger partial charge in [0.25, 0.3) is 0 Å². The number of aromatic nitrogens is 1. The Balaban J connectivity index is 2.07. The molecule has 0 aromatic carbocycles. The fourth-order valence-corrected chi connectivity index (χ4v) is 1.57. The molecule has 0 spiro atoms. The van der Waals surface area contributed by atoms with Gasteiger partial charge in [-0.05, 0) is 12.1 Å². The molecule has 0 radical (unpaired) electrons. The van der Waals surface area contributed by atoms with Gasteiger partial charge in [0.15, 0.2) is 0 Å². The lowest BCUT2D eigenvalue weighted by Crippen LogP contribution is -2.02. The zero-order valence-corrected chi connectivity index (χ0v) is 8.17. The van der Waals surface area contributed by atoms with Crippen molar-refractivity contribution in [2.24, 2.45) is 0 Å². The van der Waals surface area contributed by atoms with Gasteiger partial charge in [0.1, 0.15) is 0 Å². The van der Waals surface area contributed by atoms with Crippen LogP contribution in [0.2, 0.25) is 0 Å². The van der Waals surface area contributed by atoms with Gasteiger partial charge in [-0.1, -0.05) is 0 Å². The first-order valence-corrected chi connectivity index (χ1v) is 5.13. The normalized spacial score (nSPS) is 10.2. The van der Waals surface area contributed by atoms with Crippen molar-refractivity contribution in [3.63, 3.8) is 0 Å². The van der Waals surface area contributed by atoms with Gasteiger partial charge in [-0.2, -0.15) is 0 Å². The molecule has 13 heavy (non-hydrogen) atoms. The summed E-state index contributed by atoms with van der Waals surface area (Å²) >= 11 is 1.72. The Bertz CT molecular complexity index is 218. The second kappa shape index (κ2) is 6.88.